The Morgan fingerprint density at radius 3 is 2.63 bits per heavy atom. The molecule has 2 aromatic heterocycles. The molecule has 0 spiro atoms. The van der Waals surface area contributed by atoms with Gasteiger partial charge >= 0.3 is 0 Å². The van der Waals surface area contributed by atoms with Crippen LogP contribution in [0.15, 0.2) is 65.8 Å². The number of thioether (sulfide) groups is 1. The summed E-state index contributed by atoms with van der Waals surface area (Å²) in [7, 11) is 1.67. The van der Waals surface area contributed by atoms with Crippen molar-refractivity contribution in [3.05, 3.63) is 77.7 Å². The number of hydrogen-bond acceptors (Lipinski definition) is 6. The van der Waals surface area contributed by atoms with E-state index in [1.54, 1.807) is 25.1 Å². The van der Waals surface area contributed by atoms with Gasteiger partial charge in [-0.3, -0.25) is 4.79 Å². The lowest BCUT2D eigenvalue weighted by Gasteiger charge is -2.23. The van der Waals surface area contributed by atoms with Gasteiger partial charge in [0.2, 0.25) is 5.91 Å². The van der Waals surface area contributed by atoms with E-state index < -0.39 is 5.41 Å². The zero-order valence-corrected chi connectivity index (χ0v) is 22.8. The van der Waals surface area contributed by atoms with Crippen LogP contribution in [-0.2, 0) is 10.2 Å². The molecule has 2 aromatic carbocycles. The Bertz CT molecular complexity index is 1580. The average Bonchev–Trinajstić information content (AvgIpc) is 3.23. The third kappa shape index (κ3) is 4.68. The Hall–Kier alpha value is -4.02. The summed E-state index contributed by atoms with van der Waals surface area (Å²) in [5.74, 6) is 8.98. The van der Waals surface area contributed by atoms with Crippen molar-refractivity contribution < 1.29 is 9.53 Å². The first-order chi connectivity index (χ1) is 18.5. The summed E-state index contributed by atoms with van der Waals surface area (Å²) in [6, 6.07) is 16.0. The number of aromatic nitrogens is 2. The second kappa shape index (κ2) is 10.8. The Labute approximate surface area is 227 Å². The summed E-state index contributed by atoms with van der Waals surface area (Å²) in [4.78, 5) is 23.0. The summed E-state index contributed by atoms with van der Waals surface area (Å²) in [6.45, 7) is 6.25. The second-order valence-electron chi connectivity index (χ2n) is 9.12. The number of pyridine rings is 2. The number of benzene rings is 2. The van der Waals surface area contributed by atoms with Gasteiger partial charge in [0.05, 0.1) is 18.2 Å². The minimum Gasteiger partial charge on any atom is -0.495 e. The highest BCUT2D eigenvalue weighted by Gasteiger charge is 2.43. The molecular weight excluding hydrogens is 492 g/mol. The van der Waals surface area contributed by atoms with Crippen LogP contribution in [0.2, 0.25) is 0 Å². The fourth-order valence-corrected chi connectivity index (χ4v) is 5.68. The van der Waals surface area contributed by atoms with Gasteiger partial charge in [-0.2, -0.15) is 0 Å². The number of anilines is 3. The SMILES string of the molecule is CCSc1ccc(Nc2cc3c(C#Cc4ccc5c(c4)NC(=O)C5(CC)CC)nccc3cn2)c(OC)c1. The van der Waals surface area contributed by atoms with Crippen LogP contribution in [0.4, 0.5) is 17.2 Å². The molecule has 0 aliphatic carbocycles. The lowest BCUT2D eigenvalue weighted by atomic mass is 9.77. The van der Waals surface area contributed by atoms with Crippen LogP contribution in [0, 0.1) is 11.8 Å². The summed E-state index contributed by atoms with van der Waals surface area (Å²) >= 11 is 1.77. The quantitative estimate of drug-likeness (QED) is 0.203. The van der Waals surface area contributed by atoms with Crippen molar-refractivity contribution in [1.29, 1.82) is 0 Å². The molecule has 0 fully saturated rings. The van der Waals surface area contributed by atoms with E-state index in [1.807, 2.05) is 48.7 Å². The van der Waals surface area contributed by atoms with E-state index >= 15 is 0 Å². The number of amides is 1. The molecule has 3 heterocycles. The molecule has 0 saturated carbocycles. The van der Waals surface area contributed by atoms with E-state index in [4.69, 9.17) is 4.74 Å². The average molecular weight is 523 g/mol. The molecule has 5 rings (SSSR count). The van der Waals surface area contributed by atoms with Crippen molar-refractivity contribution in [2.45, 2.75) is 43.9 Å². The molecule has 0 unspecified atom stereocenters. The monoisotopic (exact) mass is 522 g/mol. The smallest absolute Gasteiger partial charge is 0.235 e. The maximum Gasteiger partial charge on any atom is 0.235 e. The maximum atomic E-state index is 12.7. The largest absolute Gasteiger partial charge is 0.495 e. The van der Waals surface area contributed by atoms with Gasteiger partial charge in [0.15, 0.2) is 0 Å². The normalized spacial score (nSPS) is 13.4. The van der Waals surface area contributed by atoms with Gasteiger partial charge in [0.1, 0.15) is 17.3 Å². The molecule has 1 aliphatic heterocycles. The van der Waals surface area contributed by atoms with Crippen molar-refractivity contribution in [2.24, 2.45) is 0 Å². The minimum absolute atomic E-state index is 0.0706. The van der Waals surface area contributed by atoms with Gasteiger partial charge in [0, 0.05) is 39.3 Å². The van der Waals surface area contributed by atoms with Crippen LogP contribution in [-0.4, -0.2) is 28.7 Å². The zero-order chi connectivity index (χ0) is 26.7. The molecule has 0 radical (unpaired) electrons. The first kappa shape index (κ1) is 25.6. The number of carbonyl (C=O) groups is 1. The van der Waals surface area contributed by atoms with Crippen molar-refractivity contribution in [3.8, 4) is 17.6 Å². The van der Waals surface area contributed by atoms with Crippen LogP contribution in [0.3, 0.4) is 0 Å². The van der Waals surface area contributed by atoms with Crippen LogP contribution in [0.1, 0.15) is 50.4 Å². The van der Waals surface area contributed by atoms with E-state index in [9.17, 15) is 4.79 Å². The van der Waals surface area contributed by atoms with E-state index in [0.29, 0.717) is 11.5 Å². The van der Waals surface area contributed by atoms with Gasteiger partial charge in [-0.25, -0.2) is 9.97 Å². The highest BCUT2D eigenvalue weighted by molar-refractivity contribution is 7.99. The van der Waals surface area contributed by atoms with Gasteiger partial charge < -0.3 is 15.4 Å². The molecule has 6 nitrogen and oxygen atoms in total. The standard InChI is InChI=1S/C31H30N4O2S/c1-5-31(6-2)24-11-8-20(16-27(24)35-30(31)36)9-12-25-23-18-29(33-19-21(23)14-15-32-25)34-26-13-10-22(38-7-3)17-28(26)37-4/h8,10-11,13-19H,5-7H2,1-4H3,(H,33,34)(H,35,36). The summed E-state index contributed by atoms with van der Waals surface area (Å²) in [5.41, 5.74) is 3.78. The van der Waals surface area contributed by atoms with E-state index in [2.05, 4.69) is 59.3 Å². The van der Waals surface area contributed by atoms with Gasteiger partial charge in [-0.05, 0) is 72.5 Å². The van der Waals surface area contributed by atoms with E-state index in [1.165, 1.54) is 0 Å². The maximum absolute atomic E-state index is 12.7. The molecule has 0 saturated heterocycles. The molecular formula is C31H30N4O2S. The third-order valence-electron chi connectivity index (χ3n) is 7.14. The molecule has 1 aliphatic rings. The number of nitrogens with one attached hydrogen (secondary N) is 2. The highest BCUT2D eigenvalue weighted by Crippen LogP contribution is 2.43. The molecule has 0 bridgehead atoms. The van der Waals surface area contributed by atoms with Gasteiger partial charge in [-0.1, -0.05) is 32.8 Å². The number of fused-ring (bicyclic) bond motifs is 2. The van der Waals surface area contributed by atoms with Crippen molar-refractivity contribution in [2.75, 3.05) is 23.5 Å². The summed E-state index contributed by atoms with van der Waals surface area (Å²) < 4.78 is 5.60. The van der Waals surface area contributed by atoms with Gasteiger partial charge in [0.25, 0.3) is 0 Å². The topological polar surface area (TPSA) is 76.1 Å². The highest BCUT2D eigenvalue weighted by atomic mass is 32.2. The van der Waals surface area contributed by atoms with Crippen LogP contribution in [0.25, 0.3) is 10.8 Å². The number of nitrogens with zero attached hydrogens (tertiary/aromatic N) is 2. The Morgan fingerprint density at radius 2 is 1.87 bits per heavy atom. The number of rotatable bonds is 7. The zero-order valence-electron chi connectivity index (χ0n) is 22.0. The molecule has 4 aromatic rings. The van der Waals surface area contributed by atoms with Crippen molar-refractivity contribution in [1.82, 2.24) is 9.97 Å². The molecule has 1 amide bonds. The van der Waals surface area contributed by atoms with Gasteiger partial charge in [-0.15, -0.1) is 11.8 Å². The van der Waals surface area contributed by atoms with E-state index in [0.717, 1.165) is 62.5 Å². The van der Waals surface area contributed by atoms with Crippen LogP contribution in [0.5, 0.6) is 5.75 Å². The second-order valence-corrected chi connectivity index (χ2v) is 10.5. The van der Waals surface area contributed by atoms with Crippen molar-refractivity contribution in [3.63, 3.8) is 0 Å². The molecule has 0 atom stereocenters. The fraction of sp³-hybridized carbons (Fsp3) is 0.258. The molecule has 192 valence electrons. The molecule has 2 N–H and O–H groups in total. The lowest BCUT2D eigenvalue weighted by molar-refractivity contribution is -0.121. The predicted molar refractivity (Wildman–Crippen MR) is 156 cm³/mol. The molecule has 38 heavy (non-hydrogen) atoms. The Kier molecular flexibility index (Phi) is 7.26. The number of hydrogen-bond donors (Lipinski definition) is 2. The predicted octanol–water partition coefficient (Wildman–Crippen LogP) is 6.90. The molecule has 7 heteroatoms. The Morgan fingerprint density at radius 1 is 1.03 bits per heavy atom. The van der Waals surface area contributed by atoms with Crippen LogP contribution >= 0.6 is 11.8 Å². The van der Waals surface area contributed by atoms with E-state index in [-0.39, 0.29) is 5.91 Å². The minimum atomic E-state index is -0.452. The number of methoxy groups -OCH3 is 1. The summed E-state index contributed by atoms with van der Waals surface area (Å²) in [6.07, 6.45) is 5.10. The Balaban J connectivity index is 1.46. The fourth-order valence-electron chi connectivity index (χ4n) is 4.99. The third-order valence-corrected chi connectivity index (χ3v) is 8.02. The first-order valence-corrected chi connectivity index (χ1v) is 13.8. The first-order valence-electron chi connectivity index (χ1n) is 12.8. The summed E-state index contributed by atoms with van der Waals surface area (Å²) in [5, 5.41) is 8.29. The number of carbonyl (C=O) groups excluding carboxylic acids is 1. The van der Waals surface area contributed by atoms with Crippen molar-refractivity contribution >= 4 is 45.6 Å². The van der Waals surface area contributed by atoms with Crippen LogP contribution < -0.4 is 15.4 Å². The number of ether oxygens (including phenoxy) is 1. The lowest BCUT2D eigenvalue weighted by Crippen LogP contribution is -2.32.